The molecule has 31 heavy (non-hydrogen) atoms. The minimum Gasteiger partial charge on any atom is -0.376 e. The molecule has 0 bridgehead atoms. The third kappa shape index (κ3) is 3.92. The fraction of sp³-hybridized carbons (Fsp3) is 0.609. The van der Waals surface area contributed by atoms with E-state index in [1.54, 1.807) is 23.1 Å². The highest BCUT2D eigenvalue weighted by Gasteiger charge is 2.32. The molecule has 5 rings (SSSR count). The van der Waals surface area contributed by atoms with Crippen LogP contribution >= 0.6 is 23.1 Å². The van der Waals surface area contributed by atoms with Crippen molar-refractivity contribution in [3.8, 4) is 0 Å². The van der Waals surface area contributed by atoms with Crippen molar-refractivity contribution in [3.63, 3.8) is 0 Å². The van der Waals surface area contributed by atoms with Crippen LogP contribution in [0.4, 0.5) is 5.82 Å². The summed E-state index contributed by atoms with van der Waals surface area (Å²) in [6.45, 7) is 11.0. The summed E-state index contributed by atoms with van der Waals surface area (Å²) < 4.78 is 13.1. The van der Waals surface area contributed by atoms with Crippen molar-refractivity contribution in [2.75, 3.05) is 24.7 Å². The first-order valence-corrected chi connectivity index (χ1v) is 13.1. The summed E-state index contributed by atoms with van der Waals surface area (Å²) in [7, 11) is 0. The highest BCUT2D eigenvalue weighted by Crippen LogP contribution is 2.43. The first-order valence-electron chi connectivity index (χ1n) is 11.1. The highest BCUT2D eigenvalue weighted by atomic mass is 32.2. The number of rotatable bonds is 5. The van der Waals surface area contributed by atoms with Crippen molar-refractivity contribution in [2.45, 2.75) is 76.3 Å². The minimum absolute atomic E-state index is 0.194. The molecule has 5 heterocycles. The summed E-state index contributed by atoms with van der Waals surface area (Å²) in [6, 6.07) is 0. The van der Waals surface area contributed by atoms with Gasteiger partial charge >= 0.3 is 0 Å². The van der Waals surface area contributed by atoms with Crippen LogP contribution in [0.15, 0.2) is 5.16 Å². The van der Waals surface area contributed by atoms with Crippen LogP contribution in [-0.2, 0) is 22.5 Å². The number of thiophene rings is 1. The van der Waals surface area contributed by atoms with Crippen LogP contribution in [0, 0.1) is 0 Å². The Kier molecular flexibility index (Phi) is 5.61. The van der Waals surface area contributed by atoms with E-state index in [1.165, 1.54) is 16.5 Å². The average Bonchev–Trinajstić information content (AvgIpc) is 3.38. The van der Waals surface area contributed by atoms with Gasteiger partial charge in [-0.1, -0.05) is 25.6 Å². The summed E-state index contributed by atoms with van der Waals surface area (Å²) >= 11 is 3.28. The lowest BCUT2D eigenvalue weighted by Gasteiger charge is -2.33. The second kappa shape index (κ2) is 8.14. The van der Waals surface area contributed by atoms with Crippen molar-refractivity contribution in [1.82, 2.24) is 15.0 Å². The molecule has 6 nitrogen and oxygen atoms in total. The number of pyridine rings is 1. The Morgan fingerprint density at radius 2 is 2.06 bits per heavy atom. The lowest BCUT2D eigenvalue weighted by Crippen LogP contribution is -2.33. The molecule has 2 aliphatic rings. The largest absolute Gasteiger partial charge is 0.376 e. The molecule has 1 atom stereocenters. The second-order valence-electron chi connectivity index (χ2n) is 9.37. The molecule has 0 unspecified atom stereocenters. The van der Waals surface area contributed by atoms with Crippen LogP contribution in [0.25, 0.3) is 20.4 Å². The lowest BCUT2D eigenvalue weighted by molar-refractivity contribution is -0.0402. The van der Waals surface area contributed by atoms with E-state index < -0.39 is 0 Å². The summed E-state index contributed by atoms with van der Waals surface area (Å²) in [5.74, 6) is 1.25. The van der Waals surface area contributed by atoms with Crippen molar-refractivity contribution in [2.24, 2.45) is 0 Å². The van der Waals surface area contributed by atoms with Gasteiger partial charge in [0.05, 0.1) is 34.2 Å². The summed E-state index contributed by atoms with van der Waals surface area (Å²) in [5, 5.41) is 5.54. The zero-order chi connectivity index (χ0) is 21.8. The van der Waals surface area contributed by atoms with Crippen LogP contribution in [0.1, 0.15) is 63.3 Å². The Bertz CT molecular complexity index is 1140. The Labute approximate surface area is 191 Å². The molecule has 0 aromatic carbocycles. The molecular weight excluding hydrogens is 428 g/mol. The van der Waals surface area contributed by atoms with Gasteiger partial charge in [-0.3, -0.25) is 0 Å². The standard InChI is InChI=1S/C23H30N4O2S2/c1-12(2)17-15-11-29-23(3,4)9-14(15)16-18-19(31-21(16)25-17)20(27-22(26-18)30-5)24-10-13-7-6-8-28-13/h12-13H,6-11H2,1-5H3,(H,24,26,27)/t13-/m0/s1. The Balaban J connectivity index is 1.71. The minimum atomic E-state index is -0.194. The van der Waals surface area contributed by atoms with E-state index in [0.29, 0.717) is 12.5 Å². The fourth-order valence-corrected chi connectivity index (χ4v) is 6.07. The topological polar surface area (TPSA) is 69.2 Å². The SMILES string of the molecule is CSc1nc(NC[C@@H]2CCCO2)c2sc3nc(C(C)C)c4c(c3c2n1)CC(C)(C)OC4. The van der Waals surface area contributed by atoms with E-state index in [-0.39, 0.29) is 11.7 Å². The number of aromatic nitrogens is 3. The maximum atomic E-state index is 6.18. The molecule has 3 aromatic heterocycles. The summed E-state index contributed by atoms with van der Waals surface area (Å²) in [6.07, 6.45) is 5.39. The number of nitrogens with one attached hydrogen (secondary N) is 1. The summed E-state index contributed by atoms with van der Waals surface area (Å²) in [5.41, 5.74) is 4.58. The predicted molar refractivity (Wildman–Crippen MR) is 129 cm³/mol. The molecule has 1 fully saturated rings. The van der Waals surface area contributed by atoms with E-state index in [2.05, 4.69) is 33.0 Å². The van der Waals surface area contributed by atoms with Crippen molar-refractivity contribution in [1.29, 1.82) is 0 Å². The molecule has 0 amide bonds. The molecule has 3 aromatic rings. The van der Waals surface area contributed by atoms with Crippen molar-refractivity contribution >= 4 is 49.3 Å². The van der Waals surface area contributed by atoms with Gasteiger partial charge in [-0.15, -0.1) is 11.3 Å². The van der Waals surface area contributed by atoms with E-state index >= 15 is 0 Å². The second-order valence-corrected chi connectivity index (χ2v) is 11.1. The fourth-order valence-electron chi connectivity index (χ4n) is 4.58. The Morgan fingerprint density at radius 1 is 1.23 bits per heavy atom. The van der Waals surface area contributed by atoms with Gasteiger partial charge in [0.2, 0.25) is 0 Å². The normalized spacial score (nSPS) is 20.6. The number of fused-ring (bicyclic) bond motifs is 5. The number of hydrogen-bond acceptors (Lipinski definition) is 8. The Hall–Kier alpha value is -1.48. The maximum Gasteiger partial charge on any atom is 0.189 e. The molecule has 0 spiro atoms. The first kappa shape index (κ1) is 21.4. The van der Waals surface area contributed by atoms with Crippen molar-refractivity contribution in [3.05, 3.63) is 16.8 Å². The van der Waals surface area contributed by atoms with Gasteiger partial charge < -0.3 is 14.8 Å². The van der Waals surface area contributed by atoms with Crippen LogP contribution in [0.5, 0.6) is 0 Å². The van der Waals surface area contributed by atoms with Gasteiger partial charge in [0, 0.05) is 30.5 Å². The monoisotopic (exact) mass is 458 g/mol. The number of anilines is 1. The van der Waals surface area contributed by atoms with Crippen LogP contribution in [0.3, 0.4) is 0 Å². The molecular formula is C23H30N4O2S2. The van der Waals surface area contributed by atoms with Crippen LogP contribution < -0.4 is 5.32 Å². The average molecular weight is 459 g/mol. The lowest BCUT2D eigenvalue weighted by atomic mass is 9.87. The molecule has 8 heteroatoms. The summed E-state index contributed by atoms with van der Waals surface area (Å²) in [4.78, 5) is 16.0. The molecule has 1 N–H and O–H groups in total. The van der Waals surface area contributed by atoms with E-state index in [1.807, 2.05) is 6.26 Å². The van der Waals surface area contributed by atoms with Gasteiger partial charge in [-0.05, 0) is 44.4 Å². The zero-order valence-corrected chi connectivity index (χ0v) is 20.5. The molecule has 2 aliphatic heterocycles. The van der Waals surface area contributed by atoms with Gasteiger partial charge in [0.15, 0.2) is 5.16 Å². The predicted octanol–water partition coefficient (Wildman–Crippen LogP) is 5.53. The smallest absolute Gasteiger partial charge is 0.189 e. The number of hydrogen-bond donors (Lipinski definition) is 1. The Morgan fingerprint density at radius 3 is 2.77 bits per heavy atom. The van der Waals surface area contributed by atoms with Crippen LogP contribution in [-0.4, -0.2) is 46.1 Å². The van der Waals surface area contributed by atoms with E-state index in [9.17, 15) is 0 Å². The van der Waals surface area contributed by atoms with Crippen LogP contribution in [0.2, 0.25) is 0 Å². The zero-order valence-electron chi connectivity index (χ0n) is 18.9. The van der Waals surface area contributed by atoms with Crippen molar-refractivity contribution < 1.29 is 9.47 Å². The van der Waals surface area contributed by atoms with Gasteiger partial charge in [0.1, 0.15) is 10.6 Å². The van der Waals surface area contributed by atoms with E-state index in [0.717, 1.165) is 64.1 Å². The first-order chi connectivity index (χ1) is 14.9. The van der Waals surface area contributed by atoms with Gasteiger partial charge in [0.25, 0.3) is 0 Å². The maximum absolute atomic E-state index is 6.18. The molecule has 0 saturated carbocycles. The molecule has 0 radical (unpaired) electrons. The van der Waals surface area contributed by atoms with Gasteiger partial charge in [-0.25, -0.2) is 15.0 Å². The molecule has 0 aliphatic carbocycles. The number of ether oxygens (including phenoxy) is 2. The quantitative estimate of drug-likeness (QED) is 0.398. The number of nitrogens with zero attached hydrogens (tertiary/aromatic N) is 3. The highest BCUT2D eigenvalue weighted by molar-refractivity contribution is 7.98. The van der Waals surface area contributed by atoms with Gasteiger partial charge in [-0.2, -0.15) is 0 Å². The molecule has 1 saturated heterocycles. The third-order valence-corrected chi connectivity index (χ3v) is 7.78. The third-order valence-electron chi connectivity index (χ3n) is 6.15. The molecule has 166 valence electrons. The number of thioether (sulfide) groups is 1. The van der Waals surface area contributed by atoms with E-state index in [4.69, 9.17) is 24.4 Å².